The number of aromatic amines is 1. The van der Waals surface area contributed by atoms with E-state index in [0.717, 1.165) is 36.1 Å². The number of aliphatic hydroxyl groups is 4. The van der Waals surface area contributed by atoms with E-state index in [1.807, 2.05) is 0 Å². The molecule has 0 unspecified atom stereocenters. The number of hydrogen-bond acceptors (Lipinski definition) is 15. The van der Waals surface area contributed by atoms with Crippen LogP contribution in [0.5, 0.6) is 0 Å². The number of hydrogen-bond donors (Lipinski definition) is 9. The van der Waals surface area contributed by atoms with Gasteiger partial charge in [-0.3, -0.25) is 19.0 Å². The van der Waals surface area contributed by atoms with Crippen LogP contribution in [0.25, 0.3) is 0 Å². The number of nitrogens with two attached hydrogens (primary N) is 2. The van der Waals surface area contributed by atoms with Gasteiger partial charge < -0.3 is 56.3 Å². The first-order chi connectivity index (χ1) is 23.6. The fourth-order valence-corrected chi connectivity index (χ4v) is 4.42. The molecule has 4 heterocycles. The van der Waals surface area contributed by atoms with Crippen LogP contribution >= 0.6 is 0 Å². The van der Waals surface area contributed by atoms with Gasteiger partial charge in [-0.1, -0.05) is 11.6 Å². The molecule has 290 valence electrons. The Bertz CT molecular complexity index is 1510. The van der Waals surface area contributed by atoms with E-state index in [2.05, 4.69) is 15.3 Å². The van der Waals surface area contributed by atoms with E-state index in [-0.39, 0.29) is 12.2 Å². The molecule has 0 spiro atoms. The fraction of sp³-hybridized carbons (Fsp3) is 0.680. The van der Waals surface area contributed by atoms with Gasteiger partial charge in [0.25, 0.3) is 5.56 Å². The molecule has 51 heavy (non-hydrogen) atoms. The monoisotopic (exact) mass is 755 g/mol. The number of halogens is 6. The minimum atomic E-state index is -5.08. The summed E-state index contributed by atoms with van der Waals surface area (Å²) in [7, 11) is 0. The molecule has 20 nitrogen and oxygen atoms in total. The second kappa shape index (κ2) is 18.5. The molecular formula is C25H35F6N7O13. The Kier molecular flexibility index (Phi) is 15.6. The average Bonchev–Trinajstić information content (AvgIpc) is 3.70. The molecule has 26 heteroatoms. The maximum absolute atomic E-state index is 12.3. The Labute approximate surface area is 280 Å². The molecule has 2 aliphatic rings. The molecule has 2 aromatic rings. The largest absolute Gasteiger partial charge is 0.490 e. The smallest absolute Gasteiger partial charge is 0.475 e. The van der Waals surface area contributed by atoms with Crippen molar-refractivity contribution in [1.82, 2.24) is 24.5 Å². The molecule has 0 radical (unpaired) electrons. The first kappa shape index (κ1) is 43.1. The van der Waals surface area contributed by atoms with Gasteiger partial charge in [0.2, 0.25) is 0 Å². The SMILES string of the molecule is NCCCCCn1cc([C@H](O[C@@H]2O[C@H](CN)[C@@H](O)[C@H]2O)[C@H]2O[C@@H](n3ccc(=O)[nH]c3=O)[C@H](O)[C@@H]2O)nn1.O=C(O)C(F)(F)F.O=C(O)C(F)(F)F. The number of unbranched alkanes of at least 4 members (excludes halogenated alkanes) is 2. The number of carboxylic acids is 2. The van der Waals surface area contributed by atoms with Crippen molar-refractivity contribution in [3.63, 3.8) is 0 Å². The summed E-state index contributed by atoms with van der Waals surface area (Å²) in [6.45, 7) is 1.03. The number of aryl methyl sites for hydroxylation is 1. The second-order valence-corrected chi connectivity index (χ2v) is 10.7. The molecule has 2 fully saturated rings. The highest BCUT2D eigenvalue weighted by Crippen LogP contribution is 2.39. The molecular weight excluding hydrogens is 720 g/mol. The summed E-state index contributed by atoms with van der Waals surface area (Å²) in [5.74, 6) is -5.51. The lowest BCUT2D eigenvalue weighted by atomic mass is 10.0. The van der Waals surface area contributed by atoms with Gasteiger partial charge in [-0.25, -0.2) is 14.4 Å². The van der Waals surface area contributed by atoms with Gasteiger partial charge in [0.1, 0.15) is 48.4 Å². The molecule has 0 aromatic carbocycles. The minimum Gasteiger partial charge on any atom is -0.475 e. The summed E-state index contributed by atoms with van der Waals surface area (Å²) in [6, 6.07) is 1.07. The summed E-state index contributed by atoms with van der Waals surface area (Å²) < 4.78 is 83.3. The van der Waals surface area contributed by atoms with Gasteiger partial charge in [-0.15, -0.1) is 5.10 Å². The van der Waals surface area contributed by atoms with E-state index in [9.17, 15) is 56.4 Å². The van der Waals surface area contributed by atoms with Crippen LogP contribution in [0.15, 0.2) is 28.0 Å². The first-order valence-corrected chi connectivity index (χ1v) is 14.5. The van der Waals surface area contributed by atoms with Crippen molar-refractivity contribution in [2.75, 3.05) is 13.1 Å². The lowest BCUT2D eigenvalue weighted by Gasteiger charge is -2.28. The molecule has 2 aliphatic heterocycles. The topological polar surface area (TPSA) is 321 Å². The van der Waals surface area contributed by atoms with E-state index in [4.69, 9.17) is 45.5 Å². The Morgan fingerprint density at radius 2 is 1.51 bits per heavy atom. The number of aromatic nitrogens is 5. The Morgan fingerprint density at radius 1 is 0.922 bits per heavy atom. The van der Waals surface area contributed by atoms with Crippen molar-refractivity contribution in [3.8, 4) is 0 Å². The normalized spacial score (nSPS) is 26.8. The Morgan fingerprint density at radius 3 is 2.00 bits per heavy atom. The molecule has 0 aliphatic carbocycles. The third-order valence-electron chi connectivity index (χ3n) is 6.95. The van der Waals surface area contributed by atoms with Crippen LogP contribution in [0.2, 0.25) is 0 Å². The van der Waals surface area contributed by atoms with Crippen molar-refractivity contribution >= 4 is 11.9 Å². The number of ether oxygens (including phenoxy) is 3. The highest BCUT2D eigenvalue weighted by Gasteiger charge is 2.52. The molecule has 0 saturated carbocycles. The predicted molar refractivity (Wildman–Crippen MR) is 151 cm³/mol. The third kappa shape index (κ3) is 12.0. The van der Waals surface area contributed by atoms with E-state index in [0.29, 0.717) is 13.1 Å². The minimum absolute atomic E-state index is 0.0831. The number of aliphatic carboxylic acids is 2. The highest BCUT2D eigenvalue weighted by molar-refractivity contribution is 5.73. The van der Waals surface area contributed by atoms with Gasteiger partial charge in [0.05, 0.1) is 6.20 Å². The number of H-pyrrole nitrogens is 1. The summed E-state index contributed by atoms with van der Waals surface area (Å²) >= 11 is 0. The van der Waals surface area contributed by atoms with Crippen molar-refractivity contribution in [2.45, 2.75) is 93.4 Å². The number of carboxylic acid groups (broad SMARTS) is 2. The Balaban J connectivity index is 0.000000543. The van der Waals surface area contributed by atoms with Crippen LogP contribution in [-0.4, -0.2) is 135 Å². The van der Waals surface area contributed by atoms with Crippen LogP contribution in [0, 0.1) is 0 Å². The number of carbonyl (C=O) groups is 2. The second-order valence-electron chi connectivity index (χ2n) is 10.7. The van der Waals surface area contributed by atoms with E-state index < -0.39 is 90.8 Å². The summed E-state index contributed by atoms with van der Waals surface area (Å²) in [5, 5.41) is 64.7. The number of nitrogens with zero attached hydrogens (tertiary/aromatic N) is 4. The van der Waals surface area contributed by atoms with Crippen LogP contribution in [0.3, 0.4) is 0 Å². The maximum Gasteiger partial charge on any atom is 0.490 e. The molecule has 9 atom stereocenters. The van der Waals surface area contributed by atoms with Crippen molar-refractivity contribution in [2.24, 2.45) is 11.5 Å². The fourth-order valence-electron chi connectivity index (χ4n) is 4.42. The predicted octanol–water partition coefficient (Wildman–Crippen LogP) is -2.69. The molecule has 4 rings (SSSR count). The van der Waals surface area contributed by atoms with Crippen LogP contribution in [0.4, 0.5) is 26.3 Å². The van der Waals surface area contributed by atoms with Gasteiger partial charge in [0, 0.05) is 25.4 Å². The number of rotatable bonds is 11. The summed E-state index contributed by atoms with van der Waals surface area (Å²) in [6.07, 6.45) is -17.1. The van der Waals surface area contributed by atoms with Gasteiger partial charge in [-0.05, 0) is 19.4 Å². The van der Waals surface area contributed by atoms with E-state index in [1.54, 1.807) is 10.9 Å². The molecule has 0 amide bonds. The molecule has 2 aromatic heterocycles. The van der Waals surface area contributed by atoms with E-state index in [1.165, 1.54) is 0 Å². The first-order valence-electron chi connectivity index (χ1n) is 14.5. The summed E-state index contributed by atoms with van der Waals surface area (Å²) in [4.78, 5) is 43.6. The Hall–Kier alpha value is -4.02. The molecule has 0 bridgehead atoms. The third-order valence-corrected chi connectivity index (χ3v) is 6.95. The molecule has 11 N–H and O–H groups in total. The highest BCUT2D eigenvalue weighted by atomic mass is 19.4. The number of aliphatic hydroxyl groups excluding tert-OH is 4. The molecule has 2 saturated heterocycles. The lowest BCUT2D eigenvalue weighted by molar-refractivity contribution is -0.224. The van der Waals surface area contributed by atoms with Crippen LogP contribution < -0.4 is 22.7 Å². The number of alkyl halides is 6. The van der Waals surface area contributed by atoms with Gasteiger partial charge in [-0.2, -0.15) is 26.3 Å². The standard InChI is InChI=1S/C21H33N7O9.2C2HF3O2/c22-5-2-1-3-6-27-9-10(25-26-27)17(37-20-16(33)13(30)11(8-23)35-20)18-14(31)15(32)19(36-18)28-7-4-12(29)24-21(28)34;2*3-2(4,5)1(6)7/h4,7,9,11,13-20,30-33H,1-3,5-6,8,22-23H2,(H,24,29,34);2*(H,6,7)/t11-,13-,14+,15-,16-,17+,18+,19-,20+;;/m1../s1. The van der Waals surface area contributed by atoms with Crippen molar-refractivity contribution in [1.29, 1.82) is 0 Å². The quantitative estimate of drug-likeness (QED) is 0.0833. The van der Waals surface area contributed by atoms with Gasteiger partial charge >= 0.3 is 30.0 Å². The average molecular weight is 756 g/mol. The van der Waals surface area contributed by atoms with E-state index >= 15 is 0 Å². The van der Waals surface area contributed by atoms with Crippen molar-refractivity contribution in [3.05, 3.63) is 45.0 Å². The van der Waals surface area contributed by atoms with Crippen LogP contribution in [-0.2, 0) is 30.3 Å². The summed E-state index contributed by atoms with van der Waals surface area (Å²) in [5.41, 5.74) is 9.81. The lowest BCUT2D eigenvalue weighted by Crippen LogP contribution is -2.40. The zero-order valence-electron chi connectivity index (χ0n) is 25.9. The number of nitrogens with one attached hydrogen (secondary N) is 1. The zero-order valence-corrected chi connectivity index (χ0v) is 25.9. The zero-order chi connectivity index (χ0) is 38.8. The van der Waals surface area contributed by atoms with Gasteiger partial charge in [0.15, 0.2) is 12.5 Å². The van der Waals surface area contributed by atoms with Crippen LogP contribution in [0.1, 0.15) is 37.3 Å². The maximum atomic E-state index is 12.3. The van der Waals surface area contributed by atoms with Crippen molar-refractivity contribution < 1.29 is 80.8 Å².